The molecule has 1 atom stereocenters. The lowest BCUT2D eigenvalue weighted by atomic mass is 9.72. The van der Waals surface area contributed by atoms with E-state index >= 15 is 0 Å². The molecule has 2 aliphatic rings. The largest absolute Gasteiger partial charge is 0.384 e. The fourth-order valence-electron chi connectivity index (χ4n) is 3.91. The van der Waals surface area contributed by atoms with E-state index in [0.717, 1.165) is 23.1 Å². The highest BCUT2D eigenvalue weighted by Crippen LogP contribution is 2.53. The third-order valence-corrected chi connectivity index (χ3v) is 7.21. The molecule has 0 saturated carbocycles. The van der Waals surface area contributed by atoms with Gasteiger partial charge in [0.15, 0.2) is 0 Å². The molecule has 0 radical (unpaired) electrons. The normalized spacial score (nSPS) is 18.8. The van der Waals surface area contributed by atoms with Crippen molar-refractivity contribution in [2.24, 2.45) is 0 Å². The second kappa shape index (κ2) is 5.88. The number of hydrogen-bond donors (Lipinski definition) is 1. The highest BCUT2D eigenvalue weighted by atomic mass is 28.3. The van der Waals surface area contributed by atoms with Gasteiger partial charge in [0, 0.05) is 17.6 Å². The van der Waals surface area contributed by atoms with Crippen LogP contribution in [0.2, 0.25) is 19.6 Å². The molecule has 0 saturated heterocycles. The van der Waals surface area contributed by atoms with E-state index in [0.29, 0.717) is 0 Å². The van der Waals surface area contributed by atoms with Crippen LogP contribution in [-0.4, -0.2) is 13.2 Å². The first-order valence-corrected chi connectivity index (χ1v) is 12.3. The van der Waals surface area contributed by atoms with E-state index in [-0.39, 0.29) is 0 Å². The third-order valence-electron chi connectivity index (χ3n) is 5.02. The molecule has 0 aromatic heterocycles. The lowest BCUT2D eigenvalue weighted by Crippen LogP contribution is -2.34. The van der Waals surface area contributed by atoms with Crippen molar-refractivity contribution < 1.29 is 5.11 Å². The molecule has 124 valence electrons. The first kappa shape index (κ1) is 16.1. The van der Waals surface area contributed by atoms with E-state index in [1.165, 1.54) is 21.9 Å². The summed E-state index contributed by atoms with van der Waals surface area (Å²) in [7, 11) is -1.61. The maximum absolute atomic E-state index is 11.0. The summed E-state index contributed by atoms with van der Waals surface area (Å²) in [5.41, 5.74) is 7.08. The minimum absolute atomic E-state index is 0.453. The number of benzene rings is 2. The smallest absolute Gasteiger partial charge is 0.0978 e. The van der Waals surface area contributed by atoms with Crippen LogP contribution in [0.3, 0.4) is 0 Å². The Balaban J connectivity index is 1.88. The predicted octanol–water partition coefficient (Wildman–Crippen LogP) is 5.12. The van der Waals surface area contributed by atoms with Gasteiger partial charge in [-0.15, -0.1) is 0 Å². The Bertz CT molecular complexity index is 962. The highest BCUT2D eigenvalue weighted by molar-refractivity contribution is 6.83. The van der Waals surface area contributed by atoms with E-state index in [4.69, 9.17) is 0 Å². The Labute approximate surface area is 150 Å². The fraction of sp³-hybridized carbons (Fsp3) is 0.217. The fourth-order valence-corrected chi connectivity index (χ4v) is 6.00. The van der Waals surface area contributed by atoms with Gasteiger partial charge in [0.2, 0.25) is 0 Å². The van der Waals surface area contributed by atoms with Crippen molar-refractivity contribution in [3.63, 3.8) is 0 Å². The molecule has 0 heterocycles. The van der Waals surface area contributed by atoms with E-state index in [1.807, 2.05) is 36.4 Å². The number of fused-ring (bicyclic) bond motifs is 3. The minimum atomic E-state index is -1.61. The van der Waals surface area contributed by atoms with Gasteiger partial charge in [-0.2, -0.15) is 0 Å². The lowest BCUT2D eigenvalue weighted by Gasteiger charge is -2.40. The molecule has 0 bridgehead atoms. The summed E-state index contributed by atoms with van der Waals surface area (Å²) in [5.74, 6) is 6.69. The second-order valence-corrected chi connectivity index (χ2v) is 12.8. The molecule has 2 aromatic carbocycles. The SMILES string of the molecule is C[Si](C)(C)C1=C2CC(C#Cc3ccccc3)=C2c2ccccc2C1O. The van der Waals surface area contributed by atoms with E-state index in [1.54, 1.807) is 0 Å². The molecule has 1 nitrogen and oxygen atoms in total. The van der Waals surface area contributed by atoms with Crippen molar-refractivity contribution in [1.29, 1.82) is 0 Å². The third kappa shape index (κ3) is 2.70. The topological polar surface area (TPSA) is 20.2 Å². The highest BCUT2D eigenvalue weighted by Gasteiger charge is 2.40. The second-order valence-electron chi connectivity index (χ2n) is 7.78. The van der Waals surface area contributed by atoms with Crippen LogP contribution in [0.25, 0.3) is 5.57 Å². The van der Waals surface area contributed by atoms with Gasteiger partial charge in [0.25, 0.3) is 0 Å². The molecular formula is C23H22OSi. The van der Waals surface area contributed by atoms with Crippen LogP contribution in [0.1, 0.15) is 29.2 Å². The monoisotopic (exact) mass is 342 g/mol. The van der Waals surface area contributed by atoms with E-state index in [9.17, 15) is 5.11 Å². The van der Waals surface area contributed by atoms with E-state index < -0.39 is 14.2 Å². The van der Waals surface area contributed by atoms with Crippen LogP contribution in [0, 0.1) is 11.8 Å². The summed E-state index contributed by atoms with van der Waals surface area (Å²) in [6.45, 7) is 6.95. The van der Waals surface area contributed by atoms with Crippen LogP contribution >= 0.6 is 0 Å². The van der Waals surface area contributed by atoms with Crippen LogP contribution in [-0.2, 0) is 0 Å². The Morgan fingerprint density at radius 3 is 2.32 bits per heavy atom. The molecule has 0 spiro atoms. The van der Waals surface area contributed by atoms with Crippen LogP contribution < -0.4 is 0 Å². The van der Waals surface area contributed by atoms with Crippen molar-refractivity contribution in [2.45, 2.75) is 32.2 Å². The quantitative estimate of drug-likeness (QED) is 0.563. The minimum Gasteiger partial charge on any atom is -0.384 e. The summed E-state index contributed by atoms with van der Waals surface area (Å²) >= 11 is 0. The number of aliphatic hydroxyl groups excluding tert-OH is 1. The zero-order valence-corrected chi connectivity index (χ0v) is 15.9. The molecule has 25 heavy (non-hydrogen) atoms. The molecule has 0 fully saturated rings. The van der Waals surface area contributed by atoms with Crippen LogP contribution in [0.5, 0.6) is 0 Å². The van der Waals surface area contributed by atoms with Gasteiger partial charge in [-0.1, -0.05) is 73.9 Å². The average molecular weight is 343 g/mol. The Morgan fingerprint density at radius 1 is 0.920 bits per heavy atom. The molecule has 2 aliphatic carbocycles. The maximum atomic E-state index is 11.0. The maximum Gasteiger partial charge on any atom is 0.0978 e. The summed E-state index contributed by atoms with van der Waals surface area (Å²) in [6.07, 6.45) is 0.436. The first-order valence-electron chi connectivity index (χ1n) is 8.78. The molecule has 0 aliphatic heterocycles. The zero-order chi connectivity index (χ0) is 17.6. The van der Waals surface area contributed by atoms with Gasteiger partial charge in [-0.05, 0) is 39.6 Å². The van der Waals surface area contributed by atoms with E-state index in [2.05, 4.69) is 49.7 Å². The first-order chi connectivity index (χ1) is 12.0. The standard InChI is InChI=1S/C23H22OSi/c1-25(2,3)23-20-15-17(14-13-16-9-5-4-6-10-16)21(20)18-11-7-8-12-19(18)22(23)24/h4-12,22,24H,15H2,1-3H3. The Morgan fingerprint density at radius 2 is 1.60 bits per heavy atom. The summed E-state index contributed by atoms with van der Waals surface area (Å²) in [6, 6.07) is 18.4. The van der Waals surface area contributed by atoms with Crippen molar-refractivity contribution in [2.75, 3.05) is 0 Å². The van der Waals surface area contributed by atoms with Gasteiger partial charge in [-0.25, -0.2) is 0 Å². The van der Waals surface area contributed by atoms with Gasteiger partial charge >= 0.3 is 0 Å². The Kier molecular flexibility index (Phi) is 3.79. The summed E-state index contributed by atoms with van der Waals surface area (Å²) in [5, 5.41) is 12.3. The van der Waals surface area contributed by atoms with Crippen LogP contribution in [0.4, 0.5) is 0 Å². The van der Waals surface area contributed by atoms with Gasteiger partial charge in [0.1, 0.15) is 0 Å². The lowest BCUT2D eigenvalue weighted by molar-refractivity contribution is 0.219. The average Bonchev–Trinajstić information content (AvgIpc) is 2.56. The molecule has 4 rings (SSSR count). The Hall–Kier alpha value is -2.34. The molecule has 2 aromatic rings. The number of allylic oxidation sites excluding steroid dienone is 3. The van der Waals surface area contributed by atoms with Crippen molar-refractivity contribution in [1.82, 2.24) is 0 Å². The molecule has 1 unspecified atom stereocenters. The van der Waals surface area contributed by atoms with Crippen molar-refractivity contribution >= 4 is 13.6 Å². The van der Waals surface area contributed by atoms with Gasteiger partial charge in [-0.3, -0.25) is 0 Å². The van der Waals surface area contributed by atoms with Crippen molar-refractivity contribution in [3.05, 3.63) is 87.6 Å². The number of rotatable bonds is 1. The summed E-state index contributed by atoms with van der Waals surface area (Å²) < 4.78 is 0. The predicted molar refractivity (Wildman–Crippen MR) is 107 cm³/mol. The van der Waals surface area contributed by atoms with Gasteiger partial charge in [0.05, 0.1) is 14.2 Å². The summed E-state index contributed by atoms with van der Waals surface area (Å²) in [4.78, 5) is 0. The zero-order valence-electron chi connectivity index (χ0n) is 14.9. The molecule has 2 heteroatoms. The molecule has 1 N–H and O–H groups in total. The molecular weight excluding hydrogens is 320 g/mol. The van der Waals surface area contributed by atoms with Crippen molar-refractivity contribution in [3.8, 4) is 11.8 Å². The number of aliphatic hydroxyl groups is 1. The van der Waals surface area contributed by atoms with Gasteiger partial charge < -0.3 is 5.11 Å². The number of hydrogen-bond acceptors (Lipinski definition) is 1. The molecule has 0 amide bonds. The van der Waals surface area contributed by atoms with Crippen LogP contribution in [0.15, 0.2) is 70.9 Å².